The van der Waals surface area contributed by atoms with Gasteiger partial charge in [-0.3, -0.25) is 0 Å². The molecular formula is C11H17N3O3S. The number of aromatic nitrogens is 1. The number of hydrogen-bond acceptors (Lipinski definition) is 7. The Labute approximate surface area is 110 Å². The summed E-state index contributed by atoms with van der Waals surface area (Å²) in [5.74, 6) is -0.216. The zero-order valence-corrected chi connectivity index (χ0v) is 11.5. The Balaban J connectivity index is 2.31. The van der Waals surface area contributed by atoms with Gasteiger partial charge in [-0.05, 0) is 25.4 Å². The third-order valence-corrected chi connectivity index (χ3v) is 3.73. The van der Waals surface area contributed by atoms with E-state index < -0.39 is 5.97 Å². The second-order valence-corrected chi connectivity index (χ2v) is 5.52. The van der Waals surface area contributed by atoms with E-state index in [1.54, 1.807) is 0 Å². The number of esters is 1. The van der Waals surface area contributed by atoms with Crippen molar-refractivity contribution in [3.63, 3.8) is 0 Å². The van der Waals surface area contributed by atoms with Crippen LogP contribution in [-0.4, -0.2) is 42.8 Å². The Morgan fingerprint density at radius 2 is 2.33 bits per heavy atom. The van der Waals surface area contributed by atoms with Crippen molar-refractivity contribution in [1.82, 2.24) is 4.37 Å². The van der Waals surface area contributed by atoms with Gasteiger partial charge in [-0.25, -0.2) is 4.79 Å². The SMILES string of the molecule is COC(=O)c1c(N)nsc1N1CCOC(C)(C)C1. The third-order valence-electron chi connectivity index (χ3n) is 2.80. The second kappa shape index (κ2) is 4.74. The highest BCUT2D eigenvalue weighted by Gasteiger charge is 2.32. The Kier molecular flexibility index (Phi) is 3.45. The molecule has 2 N–H and O–H groups in total. The first-order valence-corrected chi connectivity index (χ1v) is 6.44. The van der Waals surface area contributed by atoms with Crippen LogP contribution in [0.2, 0.25) is 0 Å². The summed E-state index contributed by atoms with van der Waals surface area (Å²) in [7, 11) is 1.34. The van der Waals surface area contributed by atoms with Crippen LogP contribution in [0.25, 0.3) is 0 Å². The minimum absolute atomic E-state index is 0.228. The summed E-state index contributed by atoms with van der Waals surface area (Å²) in [5.41, 5.74) is 5.85. The van der Waals surface area contributed by atoms with Crippen LogP contribution in [0.5, 0.6) is 0 Å². The summed E-state index contributed by atoms with van der Waals surface area (Å²) >= 11 is 1.22. The van der Waals surface area contributed by atoms with Gasteiger partial charge in [0.25, 0.3) is 0 Å². The van der Waals surface area contributed by atoms with Gasteiger partial charge in [-0.15, -0.1) is 0 Å². The van der Waals surface area contributed by atoms with Crippen molar-refractivity contribution < 1.29 is 14.3 Å². The Hall–Kier alpha value is -1.34. The second-order valence-electron chi connectivity index (χ2n) is 4.77. The lowest BCUT2D eigenvalue weighted by atomic mass is 10.1. The average molecular weight is 271 g/mol. The third kappa shape index (κ3) is 2.41. The lowest BCUT2D eigenvalue weighted by Gasteiger charge is -2.38. The van der Waals surface area contributed by atoms with Crippen LogP contribution in [0, 0.1) is 0 Å². The molecule has 1 fully saturated rings. The molecule has 0 aliphatic carbocycles. The molecule has 1 aliphatic heterocycles. The molecule has 0 unspecified atom stereocenters. The van der Waals surface area contributed by atoms with E-state index in [4.69, 9.17) is 15.2 Å². The maximum Gasteiger partial charge on any atom is 0.344 e. The maximum absolute atomic E-state index is 11.7. The Morgan fingerprint density at radius 3 is 2.94 bits per heavy atom. The lowest BCUT2D eigenvalue weighted by Crippen LogP contribution is -2.48. The van der Waals surface area contributed by atoms with E-state index in [0.29, 0.717) is 18.7 Å². The molecule has 0 atom stereocenters. The molecule has 7 heteroatoms. The smallest absolute Gasteiger partial charge is 0.344 e. The fourth-order valence-electron chi connectivity index (χ4n) is 1.99. The van der Waals surface area contributed by atoms with Crippen LogP contribution in [0.1, 0.15) is 24.2 Å². The fourth-order valence-corrected chi connectivity index (χ4v) is 2.82. The number of nitrogens with two attached hydrogens (primary N) is 1. The van der Waals surface area contributed by atoms with Gasteiger partial charge >= 0.3 is 5.97 Å². The first-order chi connectivity index (χ1) is 8.44. The number of hydrogen-bond donors (Lipinski definition) is 1. The van der Waals surface area contributed by atoms with E-state index in [-0.39, 0.29) is 11.4 Å². The molecule has 0 bridgehead atoms. The van der Waals surface area contributed by atoms with Gasteiger partial charge in [-0.1, -0.05) is 0 Å². The average Bonchev–Trinajstić information content (AvgIpc) is 2.69. The topological polar surface area (TPSA) is 77.7 Å². The molecule has 0 amide bonds. The molecular weight excluding hydrogens is 254 g/mol. The number of nitrogens with zero attached hydrogens (tertiary/aromatic N) is 2. The first-order valence-electron chi connectivity index (χ1n) is 5.67. The zero-order chi connectivity index (χ0) is 13.3. The quantitative estimate of drug-likeness (QED) is 0.812. The van der Waals surface area contributed by atoms with Gasteiger partial charge in [0.15, 0.2) is 5.82 Å². The van der Waals surface area contributed by atoms with Gasteiger partial charge in [0.05, 0.1) is 19.3 Å². The molecule has 18 heavy (non-hydrogen) atoms. The normalized spacial score (nSPS) is 18.7. The minimum atomic E-state index is -0.444. The van der Waals surface area contributed by atoms with E-state index in [2.05, 4.69) is 9.27 Å². The summed E-state index contributed by atoms with van der Waals surface area (Å²) in [6.07, 6.45) is 0. The molecule has 1 aromatic heterocycles. The highest BCUT2D eigenvalue weighted by Crippen LogP contribution is 2.33. The van der Waals surface area contributed by atoms with E-state index >= 15 is 0 Å². The van der Waals surface area contributed by atoms with E-state index in [1.165, 1.54) is 18.6 Å². The van der Waals surface area contributed by atoms with Gasteiger partial charge in [0, 0.05) is 13.1 Å². The number of anilines is 2. The lowest BCUT2D eigenvalue weighted by molar-refractivity contribution is -0.0275. The van der Waals surface area contributed by atoms with Crippen LogP contribution in [0.3, 0.4) is 0 Å². The van der Waals surface area contributed by atoms with Crippen LogP contribution in [0.15, 0.2) is 0 Å². The van der Waals surface area contributed by atoms with Crippen LogP contribution < -0.4 is 10.6 Å². The van der Waals surface area contributed by atoms with Crippen LogP contribution in [0.4, 0.5) is 10.8 Å². The monoisotopic (exact) mass is 271 g/mol. The maximum atomic E-state index is 11.7. The number of methoxy groups -OCH3 is 1. The summed E-state index contributed by atoms with van der Waals surface area (Å²) < 4.78 is 14.4. The molecule has 0 spiro atoms. The van der Waals surface area contributed by atoms with Gasteiger partial charge in [0.1, 0.15) is 10.6 Å². The summed E-state index contributed by atoms with van der Waals surface area (Å²) in [4.78, 5) is 13.8. The number of ether oxygens (including phenoxy) is 2. The first kappa shape index (κ1) is 13.1. The number of nitrogen functional groups attached to an aromatic ring is 1. The Morgan fingerprint density at radius 1 is 1.61 bits per heavy atom. The molecule has 1 aliphatic rings. The molecule has 2 heterocycles. The molecule has 0 radical (unpaired) electrons. The molecule has 1 saturated heterocycles. The van der Waals surface area contributed by atoms with E-state index in [9.17, 15) is 4.79 Å². The van der Waals surface area contributed by atoms with Gasteiger partial charge < -0.3 is 20.1 Å². The number of carbonyl (C=O) groups is 1. The minimum Gasteiger partial charge on any atom is -0.465 e. The van der Waals surface area contributed by atoms with Gasteiger partial charge in [0.2, 0.25) is 0 Å². The molecule has 1 aromatic rings. The molecule has 2 rings (SSSR count). The van der Waals surface area contributed by atoms with Crippen molar-refractivity contribution in [2.24, 2.45) is 0 Å². The summed E-state index contributed by atoms with van der Waals surface area (Å²) in [5, 5.41) is 0.760. The fraction of sp³-hybridized carbons (Fsp3) is 0.636. The number of rotatable bonds is 2. The largest absolute Gasteiger partial charge is 0.465 e. The Bertz CT molecular complexity index is 458. The molecule has 0 saturated carbocycles. The summed E-state index contributed by atoms with van der Waals surface area (Å²) in [6, 6.07) is 0. The number of morpholine rings is 1. The van der Waals surface area contributed by atoms with Crippen molar-refractivity contribution >= 4 is 28.3 Å². The van der Waals surface area contributed by atoms with Crippen LogP contribution in [-0.2, 0) is 9.47 Å². The zero-order valence-electron chi connectivity index (χ0n) is 10.7. The molecule has 100 valence electrons. The predicted molar refractivity (Wildman–Crippen MR) is 70.1 cm³/mol. The summed E-state index contributed by atoms with van der Waals surface area (Å²) in [6.45, 7) is 6.06. The number of carbonyl (C=O) groups excluding carboxylic acids is 1. The van der Waals surface area contributed by atoms with Crippen molar-refractivity contribution in [3.8, 4) is 0 Å². The van der Waals surface area contributed by atoms with Crippen molar-refractivity contribution in [1.29, 1.82) is 0 Å². The molecule has 6 nitrogen and oxygen atoms in total. The van der Waals surface area contributed by atoms with Crippen LogP contribution >= 0.6 is 11.5 Å². The van der Waals surface area contributed by atoms with E-state index in [1.807, 2.05) is 13.8 Å². The van der Waals surface area contributed by atoms with Gasteiger partial charge in [-0.2, -0.15) is 4.37 Å². The highest BCUT2D eigenvalue weighted by molar-refractivity contribution is 7.11. The van der Waals surface area contributed by atoms with Crippen molar-refractivity contribution in [2.45, 2.75) is 19.4 Å². The van der Waals surface area contributed by atoms with Crippen molar-refractivity contribution in [2.75, 3.05) is 37.4 Å². The highest BCUT2D eigenvalue weighted by atomic mass is 32.1. The molecule has 0 aromatic carbocycles. The van der Waals surface area contributed by atoms with Crippen molar-refractivity contribution in [3.05, 3.63) is 5.56 Å². The van der Waals surface area contributed by atoms with E-state index in [0.717, 1.165) is 11.5 Å². The predicted octanol–water partition coefficient (Wildman–Crippen LogP) is 1.13. The standard InChI is InChI=1S/C11H17N3O3S/c1-11(2)6-14(4-5-17-11)9-7(10(15)16-3)8(12)13-18-9/h4-6H2,1-3H3,(H2,12,13).